The van der Waals surface area contributed by atoms with Crippen LogP contribution in [-0.2, 0) is 5.41 Å². The van der Waals surface area contributed by atoms with Gasteiger partial charge in [-0.1, -0.05) is 52.3 Å². The highest BCUT2D eigenvalue weighted by Crippen LogP contribution is 2.36. The number of phenols is 1. The summed E-state index contributed by atoms with van der Waals surface area (Å²) < 4.78 is 0. The minimum atomic E-state index is -0.209. The third kappa shape index (κ3) is 5.75. The lowest BCUT2D eigenvalue weighted by Gasteiger charge is -2.26. The first-order chi connectivity index (χ1) is 13.6. The van der Waals surface area contributed by atoms with Crippen LogP contribution in [0.15, 0.2) is 42.7 Å². The van der Waals surface area contributed by atoms with Gasteiger partial charge in [0.25, 0.3) is 0 Å². The monoisotopic (exact) mass is 448 g/mol. The van der Waals surface area contributed by atoms with Crippen LogP contribution in [0.25, 0.3) is 22.5 Å². The van der Waals surface area contributed by atoms with E-state index < -0.39 is 0 Å². The molecule has 0 saturated heterocycles. The summed E-state index contributed by atoms with van der Waals surface area (Å²) in [6, 6.07) is 9.10. The third-order valence-electron chi connectivity index (χ3n) is 4.76. The molecule has 0 unspecified atom stereocenters. The van der Waals surface area contributed by atoms with Crippen LogP contribution in [0.2, 0.25) is 5.02 Å². The summed E-state index contributed by atoms with van der Waals surface area (Å²) >= 11 is 6.00. The van der Waals surface area contributed by atoms with E-state index in [2.05, 4.69) is 49.9 Å². The molecule has 0 bridgehead atoms. The van der Waals surface area contributed by atoms with E-state index in [0.717, 1.165) is 41.4 Å². The fourth-order valence-electron chi connectivity index (χ4n) is 3.12. The van der Waals surface area contributed by atoms with Crippen LogP contribution in [0.3, 0.4) is 0 Å². The highest BCUT2D eigenvalue weighted by atomic mass is 35.5. The number of aromatic nitrogens is 3. The molecule has 2 aromatic heterocycles. The first-order valence-electron chi connectivity index (χ1n) is 9.77. The summed E-state index contributed by atoms with van der Waals surface area (Å²) in [6.45, 7) is 12.7. The molecule has 0 spiro atoms. The number of nitrogens with one attached hydrogen (secondary N) is 2. The fourth-order valence-corrected chi connectivity index (χ4v) is 3.24. The minimum absolute atomic E-state index is 0. The molecule has 3 N–H and O–H groups in total. The Morgan fingerprint density at radius 3 is 2.27 bits per heavy atom. The van der Waals surface area contributed by atoms with Gasteiger partial charge >= 0.3 is 0 Å². The summed E-state index contributed by atoms with van der Waals surface area (Å²) in [5, 5.41) is 14.0. The minimum Gasteiger partial charge on any atom is -0.506 e. The van der Waals surface area contributed by atoms with Gasteiger partial charge in [0.2, 0.25) is 0 Å². The summed E-state index contributed by atoms with van der Waals surface area (Å²) in [4.78, 5) is 12.6. The van der Waals surface area contributed by atoms with E-state index in [-0.39, 0.29) is 29.0 Å². The molecule has 2 heterocycles. The molecule has 0 fully saturated rings. The molecule has 7 heteroatoms. The van der Waals surface area contributed by atoms with E-state index in [9.17, 15) is 5.11 Å². The van der Waals surface area contributed by atoms with Crippen molar-refractivity contribution in [3.8, 4) is 28.3 Å². The highest BCUT2D eigenvalue weighted by molar-refractivity contribution is 6.32. The van der Waals surface area contributed by atoms with Gasteiger partial charge < -0.3 is 15.4 Å². The van der Waals surface area contributed by atoms with E-state index in [4.69, 9.17) is 16.6 Å². The van der Waals surface area contributed by atoms with Gasteiger partial charge in [-0.15, -0.1) is 12.4 Å². The van der Waals surface area contributed by atoms with Crippen LogP contribution in [0, 0.1) is 5.41 Å². The van der Waals surface area contributed by atoms with Crippen LogP contribution < -0.4 is 5.32 Å². The van der Waals surface area contributed by atoms with Crippen LogP contribution >= 0.6 is 24.0 Å². The lowest BCUT2D eigenvalue weighted by Crippen LogP contribution is -2.38. The quantitative estimate of drug-likeness (QED) is 0.443. The second-order valence-corrected chi connectivity index (χ2v) is 9.67. The number of hydrogen-bond acceptors (Lipinski definition) is 4. The Morgan fingerprint density at radius 1 is 1.00 bits per heavy atom. The third-order valence-corrected chi connectivity index (χ3v) is 5.08. The number of hydrogen-bond donors (Lipinski definition) is 3. The zero-order valence-electron chi connectivity index (χ0n) is 18.1. The molecular weight excluding hydrogens is 419 g/mol. The van der Waals surface area contributed by atoms with E-state index in [0.29, 0.717) is 5.02 Å². The van der Waals surface area contributed by atoms with E-state index in [1.54, 1.807) is 24.5 Å². The molecule has 0 saturated carbocycles. The summed E-state index contributed by atoms with van der Waals surface area (Å²) in [5.74, 6) is 0.927. The van der Waals surface area contributed by atoms with Gasteiger partial charge in [0.05, 0.1) is 16.4 Å². The number of halogens is 2. The summed E-state index contributed by atoms with van der Waals surface area (Å²) in [6.07, 6.45) is 3.52. The second-order valence-electron chi connectivity index (χ2n) is 9.26. The Morgan fingerprint density at radius 2 is 1.67 bits per heavy atom. The molecule has 1 aromatic carbocycles. The molecule has 162 valence electrons. The van der Waals surface area contributed by atoms with Gasteiger partial charge in [-0.2, -0.15) is 0 Å². The first kappa shape index (κ1) is 24.2. The standard InChI is InChI=1S/C23H29ClN4O.ClH/c1-22(2,3)13-26-14-23(4,5)21-27-19(15-8-10-25-11-9-15)20(28-21)16-6-7-17(24)18(29)12-16;/h6-12,26,29H,13-14H2,1-5H3,(H,27,28);1H. The molecule has 30 heavy (non-hydrogen) atoms. The van der Waals surface area contributed by atoms with Crippen LogP contribution in [0.5, 0.6) is 5.75 Å². The van der Waals surface area contributed by atoms with Crippen molar-refractivity contribution in [3.05, 3.63) is 53.6 Å². The van der Waals surface area contributed by atoms with Crippen molar-refractivity contribution in [3.63, 3.8) is 0 Å². The number of aromatic hydroxyl groups is 1. The molecular formula is C23H30Cl2N4O. The van der Waals surface area contributed by atoms with Crippen molar-refractivity contribution in [2.24, 2.45) is 5.41 Å². The van der Waals surface area contributed by atoms with Crippen LogP contribution in [0.1, 0.15) is 40.4 Å². The summed E-state index contributed by atoms with van der Waals surface area (Å²) in [5.41, 5.74) is 3.48. The Hall–Kier alpha value is -2.08. The Kier molecular flexibility index (Phi) is 7.56. The van der Waals surface area contributed by atoms with E-state index in [1.165, 1.54) is 0 Å². The Labute approximate surface area is 189 Å². The average molecular weight is 449 g/mol. The van der Waals surface area contributed by atoms with Gasteiger partial charge in [-0.3, -0.25) is 4.98 Å². The maximum Gasteiger partial charge on any atom is 0.134 e. The first-order valence-corrected chi connectivity index (χ1v) is 10.2. The molecule has 0 radical (unpaired) electrons. The number of imidazole rings is 1. The number of benzene rings is 1. The lowest BCUT2D eigenvalue weighted by molar-refractivity contribution is 0.349. The van der Waals surface area contributed by atoms with Crippen molar-refractivity contribution in [1.82, 2.24) is 20.3 Å². The molecule has 0 aliphatic rings. The molecule has 3 rings (SSSR count). The van der Waals surface area contributed by atoms with Crippen molar-refractivity contribution in [1.29, 1.82) is 0 Å². The van der Waals surface area contributed by atoms with E-state index >= 15 is 0 Å². The van der Waals surface area contributed by atoms with Crippen molar-refractivity contribution >= 4 is 24.0 Å². The largest absolute Gasteiger partial charge is 0.506 e. The number of rotatable bonds is 6. The van der Waals surface area contributed by atoms with Crippen molar-refractivity contribution in [2.45, 2.75) is 40.0 Å². The highest BCUT2D eigenvalue weighted by Gasteiger charge is 2.27. The van der Waals surface area contributed by atoms with Crippen molar-refractivity contribution < 1.29 is 5.11 Å². The zero-order valence-corrected chi connectivity index (χ0v) is 19.7. The zero-order chi connectivity index (χ0) is 21.2. The van der Waals surface area contributed by atoms with Gasteiger partial charge in [0.15, 0.2) is 0 Å². The second kappa shape index (κ2) is 9.38. The number of aromatic amines is 1. The number of H-pyrrole nitrogens is 1. The molecule has 0 aliphatic carbocycles. The molecule has 0 atom stereocenters. The molecule has 3 aromatic rings. The molecule has 0 aliphatic heterocycles. The number of pyridine rings is 1. The van der Waals surface area contributed by atoms with Crippen LogP contribution in [0.4, 0.5) is 0 Å². The fraction of sp³-hybridized carbons (Fsp3) is 0.391. The summed E-state index contributed by atoms with van der Waals surface area (Å²) in [7, 11) is 0. The average Bonchev–Trinajstić information content (AvgIpc) is 3.10. The number of phenolic OH excluding ortho intramolecular Hbond substituents is 1. The predicted molar refractivity (Wildman–Crippen MR) is 127 cm³/mol. The van der Waals surface area contributed by atoms with Gasteiger partial charge in [-0.05, 0) is 29.7 Å². The molecule has 0 amide bonds. The maximum absolute atomic E-state index is 10.1. The van der Waals surface area contributed by atoms with Gasteiger partial charge in [-0.25, -0.2) is 4.98 Å². The normalized spacial score (nSPS) is 11.9. The number of nitrogens with zero attached hydrogens (tertiary/aromatic N) is 2. The Bertz CT molecular complexity index is 979. The van der Waals surface area contributed by atoms with Crippen LogP contribution in [-0.4, -0.2) is 33.1 Å². The molecule has 5 nitrogen and oxygen atoms in total. The smallest absolute Gasteiger partial charge is 0.134 e. The Balaban J connectivity index is 0.00000320. The topological polar surface area (TPSA) is 73.8 Å². The predicted octanol–water partition coefficient (Wildman–Crippen LogP) is 5.83. The van der Waals surface area contributed by atoms with E-state index in [1.807, 2.05) is 18.2 Å². The lowest BCUT2D eigenvalue weighted by atomic mass is 9.91. The maximum atomic E-state index is 10.1. The van der Waals surface area contributed by atoms with Gasteiger partial charge in [0, 0.05) is 42.0 Å². The van der Waals surface area contributed by atoms with Gasteiger partial charge in [0.1, 0.15) is 11.6 Å². The SMILES string of the molecule is CC(C)(C)CNCC(C)(C)c1nc(-c2ccc(Cl)c(O)c2)c(-c2ccncc2)[nH]1.Cl. The van der Waals surface area contributed by atoms with Crippen molar-refractivity contribution in [2.75, 3.05) is 13.1 Å².